The number of non-ortho nitro benzene ring substituents is 1. The predicted molar refractivity (Wildman–Crippen MR) is 133 cm³/mol. The van der Waals surface area contributed by atoms with Crippen LogP contribution in [0.3, 0.4) is 0 Å². The SMILES string of the molecule is O=C(C[C@H]1c2ccc(Cl)cc2N(S(=O)(=O)c2ccc([N+](=O)[O-])cc2)[C@@H](C(F)(F)F)[C@@H]1[N+](=O)[O-])c1ccccc1. The molecule has 0 radical (unpaired) electrons. The number of ketones is 1. The molecule has 3 aromatic carbocycles. The fourth-order valence-corrected chi connectivity index (χ4v) is 6.44. The zero-order chi connectivity index (χ0) is 28.7. The van der Waals surface area contributed by atoms with Crippen LogP contribution in [0.15, 0.2) is 77.7 Å². The Kier molecular flexibility index (Phi) is 7.36. The smallest absolute Gasteiger partial charge is 0.294 e. The molecule has 0 saturated carbocycles. The van der Waals surface area contributed by atoms with E-state index in [1.165, 1.54) is 30.3 Å². The Morgan fingerprint density at radius 2 is 1.59 bits per heavy atom. The molecule has 0 amide bonds. The summed E-state index contributed by atoms with van der Waals surface area (Å²) in [7, 11) is -5.19. The number of hydrogen-bond acceptors (Lipinski definition) is 7. The molecular weight excluding hydrogens is 567 g/mol. The van der Waals surface area contributed by atoms with Crippen molar-refractivity contribution in [2.75, 3.05) is 4.31 Å². The molecule has 0 unspecified atom stereocenters. The lowest BCUT2D eigenvalue weighted by Crippen LogP contribution is -2.62. The van der Waals surface area contributed by atoms with Gasteiger partial charge in [0.25, 0.3) is 21.8 Å². The Balaban J connectivity index is 1.95. The third kappa shape index (κ3) is 5.29. The molecular formula is C24H17ClF3N3O7S. The first-order valence-electron chi connectivity index (χ1n) is 11.1. The summed E-state index contributed by atoms with van der Waals surface area (Å²) in [6.07, 6.45) is -6.19. The van der Waals surface area contributed by atoms with Crippen LogP contribution in [0.2, 0.25) is 5.02 Å². The molecule has 3 atom stereocenters. The van der Waals surface area contributed by atoms with E-state index in [0.717, 1.165) is 36.4 Å². The van der Waals surface area contributed by atoms with Gasteiger partial charge in [0.15, 0.2) is 5.78 Å². The maximum Gasteiger partial charge on any atom is 0.416 e. The molecule has 1 aliphatic heterocycles. The van der Waals surface area contributed by atoms with Gasteiger partial charge < -0.3 is 0 Å². The molecule has 204 valence electrons. The third-order valence-electron chi connectivity index (χ3n) is 6.30. The first kappa shape index (κ1) is 28.0. The predicted octanol–water partition coefficient (Wildman–Crippen LogP) is 5.39. The topological polar surface area (TPSA) is 141 Å². The fraction of sp³-hybridized carbons (Fsp3) is 0.208. The van der Waals surface area contributed by atoms with Crippen LogP contribution in [0.1, 0.15) is 28.3 Å². The molecule has 3 aromatic rings. The molecule has 0 fully saturated rings. The number of fused-ring (bicyclic) bond motifs is 1. The number of nitro groups is 2. The number of carbonyl (C=O) groups is 1. The standard InChI is InChI=1S/C24H17ClF3N3O7S/c25-15-6-11-18-19(13-21(32)14-4-2-1-3-5-14)22(31(35)36)23(24(26,27)28)29(20(18)12-15)39(37,38)17-9-7-16(8-10-17)30(33)34/h1-12,19,22-23H,13H2/t19-,22+,23+/m0/s1. The van der Waals surface area contributed by atoms with Crippen LogP contribution in [-0.4, -0.2) is 42.3 Å². The van der Waals surface area contributed by atoms with Crippen LogP contribution in [0.25, 0.3) is 0 Å². The Morgan fingerprint density at radius 3 is 2.13 bits per heavy atom. The van der Waals surface area contributed by atoms with Crippen LogP contribution in [0.5, 0.6) is 0 Å². The summed E-state index contributed by atoms with van der Waals surface area (Å²) in [6, 6.07) is 7.95. The molecule has 0 aromatic heterocycles. The van der Waals surface area contributed by atoms with Crippen molar-refractivity contribution in [1.29, 1.82) is 0 Å². The number of benzene rings is 3. The molecule has 0 bridgehead atoms. The molecule has 0 aliphatic carbocycles. The number of anilines is 1. The van der Waals surface area contributed by atoms with Crippen LogP contribution < -0.4 is 4.31 Å². The van der Waals surface area contributed by atoms with Gasteiger partial charge in [-0.1, -0.05) is 48.0 Å². The van der Waals surface area contributed by atoms with Crippen LogP contribution in [0, 0.1) is 20.2 Å². The first-order chi connectivity index (χ1) is 18.2. The lowest BCUT2D eigenvalue weighted by atomic mass is 9.78. The van der Waals surface area contributed by atoms with E-state index in [9.17, 15) is 46.6 Å². The second-order valence-electron chi connectivity index (χ2n) is 8.62. The maximum absolute atomic E-state index is 14.6. The van der Waals surface area contributed by atoms with E-state index in [4.69, 9.17) is 11.6 Å². The zero-order valence-electron chi connectivity index (χ0n) is 19.5. The van der Waals surface area contributed by atoms with Crippen LogP contribution in [0.4, 0.5) is 24.5 Å². The van der Waals surface area contributed by atoms with Crippen molar-refractivity contribution in [3.05, 3.63) is 109 Å². The molecule has 4 rings (SSSR count). The van der Waals surface area contributed by atoms with E-state index in [0.29, 0.717) is 0 Å². The summed E-state index contributed by atoms with van der Waals surface area (Å²) in [5.74, 6) is -2.35. The van der Waals surface area contributed by atoms with Crippen molar-refractivity contribution in [3.8, 4) is 0 Å². The number of rotatable bonds is 7. The average Bonchev–Trinajstić information content (AvgIpc) is 2.87. The summed E-state index contributed by atoms with van der Waals surface area (Å²) >= 11 is 6.03. The van der Waals surface area contributed by atoms with Crippen LogP contribution in [-0.2, 0) is 10.0 Å². The van der Waals surface area contributed by atoms with Gasteiger partial charge in [-0.2, -0.15) is 13.2 Å². The maximum atomic E-state index is 14.6. The highest BCUT2D eigenvalue weighted by atomic mass is 35.5. The zero-order valence-corrected chi connectivity index (χ0v) is 21.1. The highest BCUT2D eigenvalue weighted by Crippen LogP contribution is 2.49. The summed E-state index contributed by atoms with van der Waals surface area (Å²) in [5.41, 5.74) is -1.20. The highest BCUT2D eigenvalue weighted by molar-refractivity contribution is 7.92. The fourth-order valence-electron chi connectivity index (χ4n) is 4.61. The van der Waals surface area contributed by atoms with Crippen LogP contribution >= 0.6 is 11.6 Å². The number of sulfonamides is 1. The summed E-state index contributed by atoms with van der Waals surface area (Å²) < 4.78 is 71.0. The van der Waals surface area contributed by atoms with Crippen molar-refractivity contribution in [2.45, 2.75) is 35.5 Å². The van der Waals surface area contributed by atoms with Crippen molar-refractivity contribution >= 4 is 38.8 Å². The number of carbonyl (C=O) groups excluding carboxylic acids is 1. The quantitative estimate of drug-likeness (QED) is 0.206. The number of nitrogens with zero attached hydrogens (tertiary/aromatic N) is 3. The van der Waals surface area contributed by atoms with Gasteiger partial charge in [0.05, 0.1) is 21.4 Å². The minimum atomic E-state index is -5.47. The van der Waals surface area contributed by atoms with Crippen molar-refractivity contribution in [2.24, 2.45) is 0 Å². The number of halogens is 4. The molecule has 15 heteroatoms. The van der Waals surface area contributed by atoms with Gasteiger partial charge in [-0.15, -0.1) is 0 Å². The Labute approximate surface area is 224 Å². The number of hydrogen-bond donors (Lipinski definition) is 0. The Bertz CT molecular complexity index is 1550. The van der Waals surface area contributed by atoms with Crippen molar-refractivity contribution in [3.63, 3.8) is 0 Å². The van der Waals surface area contributed by atoms with Gasteiger partial charge >= 0.3 is 6.18 Å². The largest absolute Gasteiger partial charge is 0.416 e. The van der Waals surface area contributed by atoms with Gasteiger partial charge in [-0.3, -0.25) is 25.0 Å². The van der Waals surface area contributed by atoms with Gasteiger partial charge in [0, 0.05) is 34.1 Å². The molecule has 1 heterocycles. The second-order valence-corrected chi connectivity index (χ2v) is 10.9. The normalized spacial score (nSPS) is 19.3. The minimum absolute atomic E-state index is 0.111. The van der Waals surface area contributed by atoms with E-state index in [1.54, 1.807) is 6.07 Å². The van der Waals surface area contributed by atoms with Gasteiger partial charge in [-0.25, -0.2) is 12.7 Å². The summed E-state index contributed by atoms with van der Waals surface area (Å²) in [5, 5.41) is 23.0. The van der Waals surface area contributed by atoms with E-state index in [1.807, 2.05) is 0 Å². The van der Waals surface area contributed by atoms with E-state index in [2.05, 4.69) is 0 Å². The Morgan fingerprint density at radius 1 is 0.974 bits per heavy atom. The van der Waals surface area contributed by atoms with Crippen molar-refractivity contribution in [1.82, 2.24) is 0 Å². The average molecular weight is 584 g/mol. The lowest BCUT2D eigenvalue weighted by molar-refractivity contribution is -0.537. The number of nitro benzene ring substituents is 1. The molecule has 1 aliphatic rings. The first-order valence-corrected chi connectivity index (χ1v) is 12.9. The van der Waals surface area contributed by atoms with Gasteiger partial charge in [0.2, 0.25) is 6.04 Å². The molecule has 0 saturated heterocycles. The minimum Gasteiger partial charge on any atom is -0.294 e. The monoisotopic (exact) mass is 583 g/mol. The number of alkyl halides is 3. The molecule has 0 spiro atoms. The summed E-state index contributed by atoms with van der Waals surface area (Å²) in [4.78, 5) is 33.3. The van der Waals surface area contributed by atoms with Gasteiger partial charge in [0.1, 0.15) is 0 Å². The third-order valence-corrected chi connectivity index (χ3v) is 8.35. The van der Waals surface area contributed by atoms with Crippen molar-refractivity contribution < 1.29 is 36.2 Å². The van der Waals surface area contributed by atoms with Gasteiger partial charge in [-0.05, 0) is 29.8 Å². The highest BCUT2D eigenvalue weighted by Gasteiger charge is 2.63. The van der Waals surface area contributed by atoms with E-state index >= 15 is 0 Å². The second kappa shape index (κ2) is 10.3. The molecule has 10 nitrogen and oxygen atoms in total. The number of Topliss-reactive ketones (excluding diaryl/α,β-unsaturated/α-hetero) is 1. The lowest BCUT2D eigenvalue weighted by Gasteiger charge is -2.42. The van der Waals surface area contributed by atoms with E-state index < -0.39 is 72.5 Å². The molecule has 39 heavy (non-hydrogen) atoms. The van der Waals surface area contributed by atoms with E-state index in [-0.39, 0.29) is 20.5 Å². The Hall–Kier alpha value is -4.04. The molecule has 0 N–H and O–H groups in total. The summed E-state index contributed by atoms with van der Waals surface area (Å²) in [6.45, 7) is 0.